The SMILES string of the molecule is CCC(C)c1ccc(C[N+]2(C)CC[N+](C)(Cc3ccc(C(C)CC)cc3)CC2)cc1. The third-order valence-electron chi connectivity index (χ3n) is 7.81. The van der Waals surface area contributed by atoms with Gasteiger partial charge in [-0.2, -0.15) is 0 Å². The summed E-state index contributed by atoms with van der Waals surface area (Å²) in [6.45, 7) is 16.5. The van der Waals surface area contributed by atoms with Crippen molar-refractivity contribution in [3.63, 3.8) is 0 Å². The Morgan fingerprint density at radius 1 is 0.600 bits per heavy atom. The average molecular weight is 409 g/mol. The van der Waals surface area contributed by atoms with Crippen LogP contribution in [-0.4, -0.2) is 49.2 Å². The first kappa shape index (κ1) is 23.0. The Balaban J connectivity index is 1.57. The van der Waals surface area contributed by atoms with Crippen LogP contribution in [0.25, 0.3) is 0 Å². The number of quaternary nitrogens is 2. The van der Waals surface area contributed by atoms with Crippen molar-refractivity contribution in [1.82, 2.24) is 0 Å². The van der Waals surface area contributed by atoms with Crippen LogP contribution in [0.3, 0.4) is 0 Å². The predicted octanol–water partition coefficient (Wildman–Crippen LogP) is 6.32. The first-order valence-electron chi connectivity index (χ1n) is 12.1. The normalized spacial score (nSPS) is 26.3. The summed E-state index contributed by atoms with van der Waals surface area (Å²) in [5.41, 5.74) is 5.93. The molecule has 0 N–H and O–H groups in total. The van der Waals surface area contributed by atoms with Crippen LogP contribution in [0.2, 0.25) is 0 Å². The van der Waals surface area contributed by atoms with E-state index in [2.05, 4.69) is 90.3 Å². The number of piperazine rings is 1. The molecule has 2 unspecified atom stereocenters. The molecule has 1 aliphatic heterocycles. The van der Waals surface area contributed by atoms with E-state index in [0.717, 1.165) is 13.1 Å². The smallest absolute Gasteiger partial charge is 0.129 e. The highest BCUT2D eigenvalue weighted by Crippen LogP contribution is 2.25. The maximum atomic E-state index is 2.45. The van der Waals surface area contributed by atoms with Crippen LogP contribution in [0.4, 0.5) is 0 Å². The Bertz CT molecular complexity index is 713. The van der Waals surface area contributed by atoms with Gasteiger partial charge in [0.15, 0.2) is 0 Å². The van der Waals surface area contributed by atoms with Gasteiger partial charge in [-0.05, 0) is 35.8 Å². The van der Waals surface area contributed by atoms with Gasteiger partial charge in [-0.3, -0.25) is 0 Å². The summed E-state index contributed by atoms with van der Waals surface area (Å²) in [5, 5.41) is 0. The summed E-state index contributed by atoms with van der Waals surface area (Å²) < 4.78 is 2.34. The zero-order valence-corrected chi connectivity index (χ0v) is 20.3. The van der Waals surface area contributed by atoms with Crippen LogP contribution in [0, 0.1) is 0 Å². The Hall–Kier alpha value is -1.64. The summed E-state index contributed by atoms with van der Waals surface area (Å²) in [6.07, 6.45) is 2.42. The molecule has 0 bridgehead atoms. The molecule has 1 heterocycles. The predicted molar refractivity (Wildman–Crippen MR) is 130 cm³/mol. The Kier molecular flexibility index (Phi) is 7.42. The molecule has 0 aromatic heterocycles. The van der Waals surface area contributed by atoms with Crippen molar-refractivity contribution in [2.45, 2.75) is 65.5 Å². The molecule has 2 aromatic carbocycles. The summed E-state index contributed by atoms with van der Waals surface area (Å²) in [4.78, 5) is 0. The molecule has 0 saturated carbocycles. The van der Waals surface area contributed by atoms with Crippen molar-refractivity contribution >= 4 is 0 Å². The number of nitrogens with zero attached hydrogens (tertiary/aromatic N) is 2. The third kappa shape index (κ3) is 5.74. The molecule has 164 valence electrons. The van der Waals surface area contributed by atoms with E-state index in [1.165, 1.54) is 70.2 Å². The fourth-order valence-corrected chi connectivity index (χ4v) is 4.76. The Labute approximate surface area is 185 Å². The number of hydrogen-bond acceptors (Lipinski definition) is 0. The van der Waals surface area contributed by atoms with E-state index in [0.29, 0.717) is 11.8 Å². The largest absolute Gasteiger partial charge is 0.313 e. The van der Waals surface area contributed by atoms with Crippen LogP contribution < -0.4 is 0 Å². The molecule has 1 fully saturated rings. The summed E-state index contributed by atoms with van der Waals surface area (Å²) in [6, 6.07) is 18.9. The van der Waals surface area contributed by atoms with Crippen molar-refractivity contribution in [2.24, 2.45) is 0 Å². The monoisotopic (exact) mass is 408 g/mol. The van der Waals surface area contributed by atoms with Gasteiger partial charge in [-0.25, -0.2) is 0 Å². The van der Waals surface area contributed by atoms with E-state index in [1.54, 1.807) is 0 Å². The lowest BCUT2D eigenvalue weighted by molar-refractivity contribution is -1.03. The first-order valence-corrected chi connectivity index (χ1v) is 12.1. The van der Waals surface area contributed by atoms with Crippen molar-refractivity contribution < 1.29 is 8.97 Å². The second-order valence-electron chi connectivity index (χ2n) is 10.6. The molecule has 0 amide bonds. The molecule has 0 radical (unpaired) electrons. The second kappa shape index (κ2) is 9.66. The summed E-state index contributed by atoms with van der Waals surface area (Å²) in [7, 11) is 4.90. The molecular formula is C28H44N2+2. The zero-order chi connectivity index (χ0) is 21.8. The molecule has 2 nitrogen and oxygen atoms in total. The van der Waals surface area contributed by atoms with Gasteiger partial charge >= 0.3 is 0 Å². The molecule has 0 aliphatic carbocycles. The highest BCUT2D eigenvalue weighted by Gasteiger charge is 2.37. The lowest BCUT2D eigenvalue weighted by Crippen LogP contribution is -2.63. The van der Waals surface area contributed by atoms with Gasteiger partial charge in [0.2, 0.25) is 0 Å². The van der Waals surface area contributed by atoms with Crippen LogP contribution in [0.1, 0.15) is 74.6 Å². The number of hydrogen-bond donors (Lipinski definition) is 0. The standard InChI is InChI=1S/C28H44N2/c1-7-23(3)27-13-9-25(10-14-27)21-29(5)17-19-30(6,20-18-29)22-26-11-15-28(16-12-26)24(4)8-2/h9-16,23-24H,7-8,17-22H2,1-6H3/q+2. The molecule has 2 heteroatoms. The third-order valence-corrected chi connectivity index (χ3v) is 7.81. The molecule has 2 atom stereocenters. The topological polar surface area (TPSA) is 0 Å². The van der Waals surface area contributed by atoms with Gasteiger partial charge in [0.25, 0.3) is 0 Å². The minimum atomic E-state index is 0.663. The molecule has 1 saturated heterocycles. The number of likely N-dealkylation sites (N-methyl/N-ethyl adjacent to an activating group) is 2. The maximum absolute atomic E-state index is 2.45. The molecule has 1 aliphatic rings. The van der Waals surface area contributed by atoms with Crippen LogP contribution >= 0.6 is 0 Å². The fourth-order valence-electron chi connectivity index (χ4n) is 4.76. The fraction of sp³-hybridized carbons (Fsp3) is 0.571. The van der Waals surface area contributed by atoms with Crippen molar-refractivity contribution in [3.05, 3.63) is 70.8 Å². The van der Waals surface area contributed by atoms with Crippen molar-refractivity contribution in [3.8, 4) is 0 Å². The summed E-state index contributed by atoms with van der Waals surface area (Å²) in [5.74, 6) is 1.33. The lowest BCUT2D eigenvalue weighted by Gasteiger charge is -2.46. The minimum Gasteiger partial charge on any atom is -0.313 e. The molecule has 2 aromatic rings. The van der Waals surface area contributed by atoms with E-state index in [9.17, 15) is 0 Å². The minimum absolute atomic E-state index is 0.663. The number of rotatable bonds is 8. The van der Waals surface area contributed by atoms with Gasteiger partial charge in [-0.1, -0.05) is 76.2 Å². The average Bonchev–Trinajstić information content (AvgIpc) is 2.76. The lowest BCUT2D eigenvalue weighted by atomic mass is 9.97. The Morgan fingerprint density at radius 3 is 1.17 bits per heavy atom. The van der Waals surface area contributed by atoms with Gasteiger partial charge in [-0.15, -0.1) is 0 Å². The van der Waals surface area contributed by atoms with E-state index in [1.807, 2.05) is 0 Å². The molecule has 30 heavy (non-hydrogen) atoms. The van der Waals surface area contributed by atoms with Gasteiger partial charge in [0, 0.05) is 11.1 Å². The van der Waals surface area contributed by atoms with Crippen molar-refractivity contribution in [2.75, 3.05) is 40.3 Å². The quantitative estimate of drug-likeness (QED) is 0.448. The Morgan fingerprint density at radius 2 is 0.900 bits per heavy atom. The van der Waals surface area contributed by atoms with Crippen molar-refractivity contribution in [1.29, 1.82) is 0 Å². The first-order chi connectivity index (χ1) is 14.3. The molecule has 0 spiro atoms. The van der Waals surface area contributed by atoms with Crippen LogP contribution in [0.15, 0.2) is 48.5 Å². The summed E-state index contributed by atoms with van der Waals surface area (Å²) >= 11 is 0. The molecular weight excluding hydrogens is 364 g/mol. The maximum Gasteiger partial charge on any atom is 0.129 e. The molecule has 3 rings (SSSR count). The zero-order valence-electron chi connectivity index (χ0n) is 20.3. The van der Waals surface area contributed by atoms with E-state index >= 15 is 0 Å². The van der Waals surface area contributed by atoms with E-state index < -0.39 is 0 Å². The van der Waals surface area contributed by atoms with Gasteiger partial charge in [0.05, 0.1) is 14.1 Å². The highest BCUT2D eigenvalue weighted by molar-refractivity contribution is 5.25. The van der Waals surface area contributed by atoms with E-state index in [4.69, 9.17) is 0 Å². The highest BCUT2D eigenvalue weighted by atomic mass is 15.4. The van der Waals surface area contributed by atoms with Crippen LogP contribution in [0.5, 0.6) is 0 Å². The van der Waals surface area contributed by atoms with E-state index in [-0.39, 0.29) is 0 Å². The van der Waals surface area contributed by atoms with Gasteiger partial charge in [0.1, 0.15) is 39.3 Å². The van der Waals surface area contributed by atoms with Crippen LogP contribution in [-0.2, 0) is 13.1 Å². The number of benzene rings is 2. The van der Waals surface area contributed by atoms with Gasteiger partial charge < -0.3 is 8.97 Å². The second-order valence-corrected chi connectivity index (χ2v) is 10.6.